The Morgan fingerprint density at radius 3 is 2.50 bits per heavy atom. The van der Waals surface area contributed by atoms with Crippen LogP contribution in [0.1, 0.15) is 43.7 Å². The summed E-state index contributed by atoms with van der Waals surface area (Å²) < 4.78 is 16.9. The van der Waals surface area contributed by atoms with Gasteiger partial charge in [0.2, 0.25) is 0 Å². The van der Waals surface area contributed by atoms with Gasteiger partial charge in [0, 0.05) is 12.7 Å². The van der Waals surface area contributed by atoms with Crippen LogP contribution < -0.4 is 5.32 Å². The summed E-state index contributed by atoms with van der Waals surface area (Å²) in [6, 6.07) is 3.51. The largest absolute Gasteiger partial charge is 0.491 e. The van der Waals surface area contributed by atoms with E-state index < -0.39 is 24.3 Å². The van der Waals surface area contributed by atoms with Gasteiger partial charge in [0.15, 0.2) is 0 Å². The number of hydrogen-bond donors (Lipinski definition) is 1. The van der Waals surface area contributed by atoms with Crippen molar-refractivity contribution in [3.05, 3.63) is 35.1 Å². The van der Waals surface area contributed by atoms with Crippen molar-refractivity contribution in [3.63, 3.8) is 0 Å². The quantitative estimate of drug-likeness (QED) is 0.658. The first kappa shape index (κ1) is 18.6. The molecule has 2 heterocycles. The fourth-order valence-electron chi connectivity index (χ4n) is 2.37. The molecule has 1 N–H and O–H groups in total. The number of hydrogen-bond acceptors (Lipinski definition) is 6. The van der Waals surface area contributed by atoms with Crippen LogP contribution in [-0.4, -0.2) is 50.0 Å². The van der Waals surface area contributed by atoms with Crippen LogP contribution in [-0.2, 0) is 14.0 Å². The first-order valence-electron chi connectivity index (χ1n) is 7.95. The van der Waals surface area contributed by atoms with E-state index in [9.17, 15) is 4.79 Å². The lowest BCUT2D eigenvalue weighted by Crippen LogP contribution is -2.41. The molecule has 1 aromatic rings. The number of esters is 1. The minimum atomic E-state index is -0.462. The molecule has 6 nitrogen and oxygen atoms in total. The molecule has 1 fully saturated rings. The Morgan fingerprint density at radius 2 is 1.96 bits per heavy atom. The molecule has 24 heavy (non-hydrogen) atoms. The molecule has 0 bridgehead atoms. The van der Waals surface area contributed by atoms with E-state index in [-0.39, 0.29) is 5.69 Å². The highest BCUT2D eigenvalue weighted by Crippen LogP contribution is 2.38. The van der Waals surface area contributed by atoms with Gasteiger partial charge in [-0.05, 0) is 57.9 Å². The highest BCUT2D eigenvalue weighted by molar-refractivity contribution is 6.55. The van der Waals surface area contributed by atoms with E-state index >= 15 is 0 Å². The van der Waals surface area contributed by atoms with Crippen LogP contribution in [0.5, 0.6) is 0 Å². The van der Waals surface area contributed by atoms with Gasteiger partial charge in [-0.15, -0.1) is 0 Å². The maximum Gasteiger partial charge on any atom is 0.491 e. The summed E-state index contributed by atoms with van der Waals surface area (Å²) in [6.45, 7) is 8.68. The normalized spacial score (nSPS) is 19.4. The molecule has 0 amide bonds. The lowest BCUT2D eigenvalue weighted by molar-refractivity contribution is 0.00578. The molecule has 0 unspecified atom stereocenters. The topological polar surface area (TPSA) is 69.7 Å². The van der Waals surface area contributed by atoms with Gasteiger partial charge in [-0.3, -0.25) is 0 Å². The first-order chi connectivity index (χ1) is 11.2. The highest BCUT2D eigenvalue weighted by atomic mass is 16.7. The molecule has 0 atom stereocenters. The lowest BCUT2D eigenvalue weighted by atomic mass is 9.77. The Morgan fingerprint density at radius 1 is 1.33 bits per heavy atom. The number of rotatable bonds is 5. The third kappa shape index (κ3) is 3.86. The number of methoxy groups -OCH3 is 1. The monoisotopic (exact) mass is 332 g/mol. The van der Waals surface area contributed by atoms with Crippen molar-refractivity contribution in [3.8, 4) is 0 Å². The van der Waals surface area contributed by atoms with Gasteiger partial charge >= 0.3 is 13.1 Å². The third-order valence-corrected chi connectivity index (χ3v) is 4.47. The van der Waals surface area contributed by atoms with Crippen LogP contribution in [0.25, 0.3) is 6.08 Å². The number of carbonyl (C=O) groups is 1. The molecule has 0 aromatic carbocycles. The molecule has 130 valence electrons. The van der Waals surface area contributed by atoms with Crippen molar-refractivity contribution in [2.45, 2.75) is 38.9 Å². The van der Waals surface area contributed by atoms with E-state index in [0.29, 0.717) is 6.54 Å². The number of nitrogens with zero attached hydrogens (tertiary/aromatic N) is 1. The number of nitrogens with one attached hydrogen (secondary N) is 1. The highest BCUT2D eigenvalue weighted by Gasteiger charge is 2.52. The standard InChI is InChI=1S/C17H25BN2O4/c1-16(2)17(3,4)24-18(23-16)13(11-19-5)9-12-7-8-20-14(10-12)15(21)22-6/h7-10,19H,11H2,1-6H3. The lowest BCUT2D eigenvalue weighted by Gasteiger charge is -2.32. The number of pyridine rings is 1. The van der Waals surface area contributed by atoms with Gasteiger partial charge in [-0.1, -0.05) is 6.08 Å². The Labute approximate surface area is 143 Å². The predicted octanol–water partition coefficient (Wildman–Crippen LogP) is 2.10. The molecule has 7 heteroatoms. The number of ether oxygens (including phenoxy) is 1. The Bertz CT molecular complexity index is 627. The zero-order valence-electron chi connectivity index (χ0n) is 15.2. The molecule has 1 aliphatic rings. The van der Waals surface area contributed by atoms with Gasteiger partial charge < -0.3 is 19.4 Å². The van der Waals surface area contributed by atoms with Gasteiger partial charge in [0.05, 0.1) is 18.3 Å². The number of likely N-dealkylation sites (N-methyl/N-ethyl adjacent to an activating group) is 1. The SMILES string of the molecule is CNCC(=Cc1ccnc(C(=O)OC)c1)B1OC(C)(C)C(C)(C)O1. The third-order valence-electron chi connectivity index (χ3n) is 4.47. The summed E-state index contributed by atoms with van der Waals surface area (Å²) in [5.74, 6) is -0.462. The summed E-state index contributed by atoms with van der Waals surface area (Å²) in [5.41, 5.74) is 1.24. The Balaban J connectivity index is 2.31. The first-order valence-corrected chi connectivity index (χ1v) is 7.95. The second kappa shape index (κ2) is 7.05. The van der Waals surface area contributed by atoms with Gasteiger partial charge in [0.25, 0.3) is 0 Å². The fourth-order valence-corrected chi connectivity index (χ4v) is 2.37. The molecule has 1 saturated heterocycles. The molecule has 1 aliphatic heterocycles. The van der Waals surface area contributed by atoms with E-state index in [1.54, 1.807) is 12.3 Å². The van der Waals surface area contributed by atoms with Crippen molar-refractivity contribution < 1.29 is 18.8 Å². The minimum absolute atomic E-state index is 0.268. The summed E-state index contributed by atoms with van der Waals surface area (Å²) in [6.07, 6.45) is 3.53. The summed E-state index contributed by atoms with van der Waals surface area (Å²) >= 11 is 0. The van der Waals surface area contributed by atoms with Crippen molar-refractivity contribution in [1.29, 1.82) is 0 Å². The van der Waals surface area contributed by atoms with Crippen LogP contribution in [0.3, 0.4) is 0 Å². The van der Waals surface area contributed by atoms with Crippen LogP contribution in [0.4, 0.5) is 0 Å². The summed E-state index contributed by atoms with van der Waals surface area (Å²) in [4.78, 5) is 15.7. The minimum Gasteiger partial charge on any atom is -0.464 e. The van der Waals surface area contributed by atoms with E-state index in [1.807, 2.05) is 46.9 Å². The van der Waals surface area contributed by atoms with Crippen LogP contribution >= 0.6 is 0 Å². The average molecular weight is 332 g/mol. The van der Waals surface area contributed by atoms with Crippen molar-refractivity contribution in [2.24, 2.45) is 0 Å². The molecule has 2 rings (SSSR count). The average Bonchev–Trinajstić information content (AvgIpc) is 2.74. The van der Waals surface area contributed by atoms with E-state index in [1.165, 1.54) is 7.11 Å². The Hall–Kier alpha value is -1.70. The zero-order valence-corrected chi connectivity index (χ0v) is 15.2. The molecule has 0 spiro atoms. The van der Waals surface area contributed by atoms with Crippen LogP contribution in [0.2, 0.25) is 0 Å². The van der Waals surface area contributed by atoms with E-state index in [4.69, 9.17) is 14.0 Å². The molecular formula is C17H25BN2O4. The van der Waals surface area contributed by atoms with Crippen molar-refractivity contribution in [2.75, 3.05) is 20.7 Å². The fraction of sp³-hybridized carbons (Fsp3) is 0.529. The maximum atomic E-state index is 11.6. The second-order valence-corrected chi connectivity index (χ2v) is 6.80. The van der Waals surface area contributed by atoms with Gasteiger partial charge in [-0.2, -0.15) is 0 Å². The number of aromatic nitrogens is 1. The predicted molar refractivity (Wildman–Crippen MR) is 93.6 cm³/mol. The second-order valence-electron chi connectivity index (χ2n) is 6.80. The zero-order chi connectivity index (χ0) is 18.0. The number of carbonyl (C=O) groups excluding carboxylic acids is 1. The van der Waals surface area contributed by atoms with Crippen molar-refractivity contribution >= 4 is 19.2 Å². The van der Waals surface area contributed by atoms with Crippen molar-refractivity contribution in [1.82, 2.24) is 10.3 Å². The summed E-state index contributed by atoms with van der Waals surface area (Å²) in [5, 5.41) is 3.13. The maximum absolute atomic E-state index is 11.6. The molecule has 1 aromatic heterocycles. The summed E-state index contributed by atoms with van der Waals surface area (Å²) in [7, 11) is 2.76. The molecule has 0 saturated carbocycles. The van der Waals surface area contributed by atoms with E-state index in [0.717, 1.165) is 11.0 Å². The molecule has 0 radical (unpaired) electrons. The smallest absolute Gasteiger partial charge is 0.464 e. The van der Waals surface area contributed by atoms with Gasteiger partial charge in [0.1, 0.15) is 5.69 Å². The van der Waals surface area contributed by atoms with E-state index in [2.05, 4.69) is 10.3 Å². The Kier molecular flexibility index (Phi) is 5.47. The van der Waals surface area contributed by atoms with Crippen LogP contribution in [0.15, 0.2) is 23.8 Å². The van der Waals surface area contributed by atoms with Gasteiger partial charge in [-0.25, -0.2) is 9.78 Å². The van der Waals surface area contributed by atoms with Crippen LogP contribution in [0, 0.1) is 0 Å². The molecular weight excluding hydrogens is 307 g/mol. The molecule has 0 aliphatic carbocycles.